The van der Waals surface area contributed by atoms with Crippen LogP contribution >= 0.6 is 0 Å². The standard InChI is InChI=1S/C10H15N3O4/c1-5-3-13(10(16)12-9(5)15)8-2-6(11)7(4-14)17-8/h3,6-8,14H,2,4,11H2,1H3,(H,12,15,16)/t6-,7?,8?/m0/s1. The molecule has 1 saturated heterocycles. The first-order chi connectivity index (χ1) is 8.02. The van der Waals surface area contributed by atoms with E-state index in [2.05, 4.69) is 4.98 Å². The van der Waals surface area contributed by atoms with Crippen LogP contribution in [0.2, 0.25) is 0 Å². The second-order valence-corrected chi connectivity index (χ2v) is 4.19. The van der Waals surface area contributed by atoms with Gasteiger partial charge in [0.15, 0.2) is 0 Å². The zero-order valence-electron chi connectivity index (χ0n) is 9.42. The summed E-state index contributed by atoms with van der Waals surface area (Å²) in [6.07, 6.45) is 0.860. The molecule has 0 spiro atoms. The second kappa shape index (κ2) is 4.44. The number of aromatic nitrogens is 2. The number of nitrogens with two attached hydrogens (primary N) is 1. The van der Waals surface area contributed by atoms with E-state index in [9.17, 15) is 9.59 Å². The molecule has 1 aliphatic rings. The van der Waals surface area contributed by atoms with Crippen molar-refractivity contribution in [1.82, 2.24) is 9.55 Å². The van der Waals surface area contributed by atoms with E-state index in [1.807, 2.05) is 0 Å². The monoisotopic (exact) mass is 241 g/mol. The van der Waals surface area contributed by atoms with Gasteiger partial charge in [0, 0.05) is 24.2 Å². The summed E-state index contributed by atoms with van der Waals surface area (Å²) in [5.74, 6) is 0. The number of nitrogens with one attached hydrogen (secondary N) is 1. The molecule has 1 aromatic rings. The maximum absolute atomic E-state index is 11.6. The number of aliphatic hydroxyl groups excluding tert-OH is 1. The first kappa shape index (κ1) is 12.0. The van der Waals surface area contributed by atoms with Crippen molar-refractivity contribution in [1.29, 1.82) is 0 Å². The first-order valence-corrected chi connectivity index (χ1v) is 5.37. The zero-order chi connectivity index (χ0) is 12.6. The molecule has 3 atom stereocenters. The molecule has 17 heavy (non-hydrogen) atoms. The van der Waals surface area contributed by atoms with Crippen LogP contribution < -0.4 is 17.0 Å². The van der Waals surface area contributed by atoms with E-state index in [0.29, 0.717) is 12.0 Å². The van der Waals surface area contributed by atoms with Gasteiger partial charge in [-0.3, -0.25) is 14.3 Å². The van der Waals surface area contributed by atoms with Crippen molar-refractivity contribution in [2.45, 2.75) is 31.7 Å². The van der Waals surface area contributed by atoms with Crippen LogP contribution in [0.15, 0.2) is 15.8 Å². The number of aliphatic hydroxyl groups is 1. The van der Waals surface area contributed by atoms with E-state index in [-0.39, 0.29) is 12.6 Å². The van der Waals surface area contributed by atoms with Crippen LogP contribution in [0.5, 0.6) is 0 Å². The van der Waals surface area contributed by atoms with Gasteiger partial charge in [0.1, 0.15) is 6.23 Å². The van der Waals surface area contributed by atoms with Gasteiger partial charge in [-0.25, -0.2) is 4.79 Å². The van der Waals surface area contributed by atoms with Crippen molar-refractivity contribution < 1.29 is 9.84 Å². The van der Waals surface area contributed by atoms with Crippen LogP contribution in [0.25, 0.3) is 0 Å². The number of ether oxygens (including phenoxy) is 1. The summed E-state index contributed by atoms with van der Waals surface area (Å²) in [6, 6.07) is -0.316. The van der Waals surface area contributed by atoms with Crippen LogP contribution in [0.1, 0.15) is 18.2 Å². The summed E-state index contributed by atoms with van der Waals surface area (Å²) in [5.41, 5.74) is 5.25. The molecule has 4 N–H and O–H groups in total. The lowest BCUT2D eigenvalue weighted by molar-refractivity contribution is -0.0271. The predicted molar refractivity (Wildman–Crippen MR) is 59.6 cm³/mol. The highest BCUT2D eigenvalue weighted by atomic mass is 16.5. The van der Waals surface area contributed by atoms with Crippen LogP contribution in [0, 0.1) is 6.92 Å². The van der Waals surface area contributed by atoms with Gasteiger partial charge in [0.2, 0.25) is 0 Å². The summed E-state index contributed by atoms with van der Waals surface area (Å²) in [7, 11) is 0. The second-order valence-electron chi connectivity index (χ2n) is 4.19. The number of hydrogen-bond donors (Lipinski definition) is 3. The maximum Gasteiger partial charge on any atom is 0.330 e. The fraction of sp³-hybridized carbons (Fsp3) is 0.600. The molecule has 2 unspecified atom stereocenters. The zero-order valence-corrected chi connectivity index (χ0v) is 9.42. The summed E-state index contributed by atoms with van der Waals surface area (Å²) >= 11 is 0. The summed E-state index contributed by atoms with van der Waals surface area (Å²) in [5, 5.41) is 9.02. The third kappa shape index (κ3) is 2.17. The molecule has 0 aliphatic carbocycles. The predicted octanol–water partition coefficient (Wildman–Crippen LogP) is -1.55. The third-order valence-electron chi connectivity index (χ3n) is 2.92. The van der Waals surface area contributed by atoms with Crippen molar-refractivity contribution in [2.24, 2.45) is 5.73 Å². The fourth-order valence-corrected chi connectivity index (χ4v) is 1.90. The van der Waals surface area contributed by atoms with Gasteiger partial charge in [-0.05, 0) is 6.92 Å². The summed E-state index contributed by atoms with van der Waals surface area (Å²) < 4.78 is 6.75. The number of nitrogens with zero attached hydrogens (tertiary/aromatic N) is 1. The smallest absolute Gasteiger partial charge is 0.330 e. The molecule has 7 heteroatoms. The first-order valence-electron chi connectivity index (χ1n) is 5.37. The minimum atomic E-state index is -0.537. The maximum atomic E-state index is 11.6. The highest BCUT2D eigenvalue weighted by Gasteiger charge is 2.33. The largest absolute Gasteiger partial charge is 0.394 e. The summed E-state index contributed by atoms with van der Waals surface area (Å²) in [6.45, 7) is 1.42. The Morgan fingerprint density at radius 1 is 1.65 bits per heavy atom. The molecule has 1 aromatic heterocycles. The number of rotatable bonds is 2. The Hall–Kier alpha value is -1.44. The minimum Gasteiger partial charge on any atom is -0.394 e. The van der Waals surface area contributed by atoms with Crippen LogP contribution in [0.3, 0.4) is 0 Å². The average molecular weight is 241 g/mol. The Bertz CT molecular complexity index is 521. The lowest BCUT2D eigenvalue weighted by Crippen LogP contribution is -2.33. The molecule has 1 aliphatic heterocycles. The van der Waals surface area contributed by atoms with Crippen molar-refractivity contribution >= 4 is 0 Å². The Morgan fingerprint density at radius 2 is 2.35 bits per heavy atom. The molecule has 0 saturated carbocycles. The van der Waals surface area contributed by atoms with Crippen molar-refractivity contribution in [3.63, 3.8) is 0 Å². The molecule has 94 valence electrons. The molecule has 0 amide bonds. The highest BCUT2D eigenvalue weighted by molar-refractivity contribution is 5.02. The summed E-state index contributed by atoms with van der Waals surface area (Å²) in [4.78, 5) is 25.0. The van der Waals surface area contributed by atoms with E-state index in [4.69, 9.17) is 15.6 Å². The van der Waals surface area contributed by atoms with E-state index in [0.717, 1.165) is 0 Å². The number of aryl methyl sites for hydroxylation is 1. The van der Waals surface area contributed by atoms with Crippen LogP contribution in [-0.4, -0.2) is 33.4 Å². The van der Waals surface area contributed by atoms with Crippen LogP contribution in [0.4, 0.5) is 0 Å². The van der Waals surface area contributed by atoms with Crippen molar-refractivity contribution in [3.05, 3.63) is 32.6 Å². The van der Waals surface area contributed by atoms with E-state index < -0.39 is 23.6 Å². The third-order valence-corrected chi connectivity index (χ3v) is 2.92. The van der Waals surface area contributed by atoms with Gasteiger partial charge in [-0.1, -0.05) is 0 Å². The number of hydrogen-bond acceptors (Lipinski definition) is 5. The van der Waals surface area contributed by atoms with Gasteiger partial charge in [-0.2, -0.15) is 0 Å². The van der Waals surface area contributed by atoms with Gasteiger partial charge < -0.3 is 15.6 Å². The molecule has 2 rings (SSSR count). The SMILES string of the molecule is Cc1cn(C2C[C@H](N)C(CO)O2)c(=O)[nH]c1=O. The minimum absolute atomic E-state index is 0.186. The van der Waals surface area contributed by atoms with Gasteiger partial charge in [-0.15, -0.1) is 0 Å². The molecular weight excluding hydrogens is 226 g/mol. The Kier molecular flexibility index (Phi) is 3.14. The molecule has 0 bridgehead atoms. The number of aromatic amines is 1. The van der Waals surface area contributed by atoms with E-state index >= 15 is 0 Å². The number of H-pyrrole nitrogens is 1. The van der Waals surface area contributed by atoms with Crippen molar-refractivity contribution in [2.75, 3.05) is 6.61 Å². The highest BCUT2D eigenvalue weighted by Crippen LogP contribution is 2.25. The lowest BCUT2D eigenvalue weighted by atomic mass is 10.1. The van der Waals surface area contributed by atoms with Crippen molar-refractivity contribution in [3.8, 4) is 0 Å². The Balaban J connectivity index is 2.34. The van der Waals surface area contributed by atoms with Gasteiger partial charge in [0.25, 0.3) is 5.56 Å². The normalized spacial score (nSPS) is 28.5. The molecule has 0 radical (unpaired) electrons. The van der Waals surface area contributed by atoms with Gasteiger partial charge >= 0.3 is 5.69 Å². The Labute approximate surface area is 96.8 Å². The Morgan fingerprint density at radius 3 is 2.94 bits per heavy atom. The molecule has 7 nitrogen and oxygen atoms in total. The lowest BCUT2D eigenvalue weighted by Gasteiger charge is -2.14. The molecule has 0 aromatic carbocycles. The van der Waals surface area contributed by atoms with Gasteiger partial charge in [0.05, 0.1) is 12.7 Å². The van der Waals surface area contributed by atoms with E-state index in [1.54, 1.807) is 6.92 Å². The molecule has 2 heterocycles. The topological polar surface area (TPSA) is 110 Å². The molecule has 1 fully saturated rings. The van der Waals surface area contributed by atoms with E-state index in [1.165, 1.54) is 10.8 Å². The average Bonchev–Trinajstić information content (AvgIpc) is 2.65. The van der Waals surface area contributed by atoms with Crippen LogP contribution in [-0.2, 0) is 4.74 Å². The molecular formula is C10H15N3O4. The fourth-order valence-electron chi connectivity index (χ4n) is 1.90. The quantitative estimate of drug-likeness (QED) is 0.580.